The standard InChI is InChI=1S/C29H29N9O3/c1-32-16-21(15-30)20-14-24-25(33-17-20)28(38-10-12-41-13-11-38)37-27(36-24)19-4-8-23(9-5-19)35-29(40)34-22-6-2-18(3-7-22)26(31)39/h2-9,14-17H,10-13,30H2,1H3,(H2,31,39)(H2,34,35,40). The molecule has 0 radical (unpaired) electrons. The highest BCUT2D eigenvalue weighted by atomic mass is 16.5. The molecule has 12 nitrogen and oxygen atoms in total. The number of nitrogens with one attached hydrogen (secondary N) is 2. The van der Waals surface area contributed by atoms with Crippen LogP contribution in [-0.2, 0) is 4.74 Å². The molecule has 1 saturated heterocycles. The quantitative estimate of drug-likeness (QED) is 0.253. The Bertz CT molecular complexity index is 1630. The summed E-state index contributed by atoms with van der Waals surface area (Å²) in [6, 6.07) is 15.0. The van der Waals surface area contributed by atoms with Gasteiger partial charge in [-0.25, -0.2) is 14.8 Å². The zero-order valence-corrected chi connectivity index (χ0v) is 22.4. The van der Waals surface area contributed by atoms with Crippen LogP contribution in [0.3, 0.4) is 0 Å². The number of aromatic nitrogens is 3. The van der Waals surface area contributed by atoms with Crippen molar-refractivity contribution in [1.29, 1.82) is 0 Å². The van der Waals surface area contributed by atoms with Crippen molar-refractivity contribution < 1.29 is 14.3 Å². The molecule has 0 aliphatic carbocycles. The Morgan fingerprint density at radius 2 is 1.63 bits per heavy atom. The van der Waals surface area contributed by atoms with Crippen molar-refractivity contribution in [2.45, 2.75) is 0 Å². The fourth-order valence-electron chi connectivity index (χ4n) is 4.35. The zero-order chi connectivity index (χ0) is 28.8. The van der Waals surface area contributed by atoms with Gasteiger partial charge in [0.15, 0.2) is 11.6 Å². The van der Waals surface area contributed by atoms with Crippen molar-refractivity contribution in [1.82, 2.24) is 15.0 Å². The van der Waals surface area contributed by atoms with Gasteiger partial charge >= 0.3 is 6.03 Å². The van der Waals surface area contributed by atoms with Gasteiger partial charge in [0.25, 0.3) is 0 Å². The van der Waals surface area contributed by atoms with Crippen molar-refractivity contribution in [2.24, 2.45) is 16.5 Å². The normalized spacial score (nSPS) is 13.9. The average molecular weight is 552 g/mol. The lowest BCUT2D eigenvalue weighted by Crippen LogP contribution is -2.37. The van der Waals surface area contributed by atoms with Gasteiger partial charge in [-0.2, -0.15) is 0 Å². The third-order valence-corrected chi connectivity index (χ3v) is 6.44. The topological polar surface area (TPSA) is 174 Å². The number of primary amides is 1. The molecule has 0 saturated carbocycles. The smallest absolute Gasteiger partial charge is 0.323 e. The lowest BCUT2D eigenvalue weighted by molar-refractivity contribution is 0.1000. The molecule has 3 heterocycles. The summed E-state index contributed by atoms with van der Waals surface area (Å²) in [5.41, 5.74) is 16.2. The monoisotopic (exact) mass is 551 g/mol. The fraction of sp³-hybridized carbons (Fsp3) is 0.172. The maximum atomic E-state index is 12.5. The minimum atomic E-state index is -0.534. The highest BCUT2D eigenvalue weighted by Gasteiger charge is 2.20. The van der Waals surface area contributed by atoms with Gasteiger partial charge in [0, 0.05) is 72.4 Å². The van der Waals surface area contributed by atoms with Crippen LogP contribution in [0, 0.1) is 0 Å². The van der Waals surface area contributed by atoms with Crippen LogP contribution in [0.1, 0.15) is 15.9 Å². The third-order valence-electron chi connectivity index (χ3n) is 6.44. The summed E-state index contributed by atoms with van der Waals surface area (Å²) in [7, 11) is 1.68. The number of hydrogen-bond acceptors (Lipinski definition) is 9. The van der Waals surface area contributed by atoms with E-state index in [-0.39, 0.29) is 0 Å². The van der Waals surface area contributed by atoms with E-state index >= 15 is 0 Å². The molecule has 41 heavy (non-hydrogen) atoms. The first-order valence-electron chi connectivity index (χ1n) is 12.9. The van der Waals surface area contributed by atoms with Crippen molar-refractivity contribution in [2.75, 3.05) is 48.9 Å². The maximum absolute atomic E-state index is 12.5. The second-order valence-corrected chi connectivity index (χ2v) is 9.17. The summed E-state index contributed by atoms with van der Waals surface area (Å²) < 4.78 is 5.54. The second kappa shape index (κ2) is 12.2. The molecule has 5 rings (SSSR count). The Hall–Kier alpha value is -5.36. The van der Waals surface area contributed by atoms with Gasteiger partial charge in [0.1, 0.15) is 5.52 Å². The number of anilines is 3. The number of ether oxygens (including phenoxy) is 1. The summed E-state index contributed by atoms with van der Waals surface area (Å²) in [6.45, 7) is 2.58. The fourth-order valence-corrected chi connectivity index (χ4v) is 4.35. The van der Waals surface area contributed by atoms with E-state index < -0.39 is 11.9 Å². The van der Waals surface area contributed by atoms with Crippen LogP contribution in [0.2, 0.25) is 0 Å². The van der Waals surface area contributed by atoms with E-state index in [0.717, 1.165) is 22.5 Å². The lowest BCUT2D eigenvalue weighted by Gasteiger charge is -2.28. The van der Waals surface area contributed by atoms with Crippen molar-refractivity contribution in [3.8, 4) is 11.4 Å². The Balaban J connectivity index is 1.41. The molecule has 1 aliphatic heterocycles. The van der Waals surface area contributed by atoms with Gasteiger partial charge in [-0.15, -0.1) is 0 Å². The van der Waals surface area contributed by atoms with E-state index in [1.807, 2.05) is 18.2 Å². The number of benzene rings is 2. The number of carbonyl (C=O) groups excluding carboxylic acids is 2. The van der Waals surface area contributed by atoms with E-state index in [0.29, 0.717) is 60.1 Å². The molecule has 0 atom stereocenters. The number of nitrogens with zero attached hydrogens (tertiary/aromatic N) is 5. The van der Waals surface area contributed by atoms with Crippen LogP contribution in [0.4, 0.5) is 22.0 Å². The summed E-state index contributed by atoms with van der Waals surface area (Å²) in [6.07, 6.45) is 4.90. The van der Waals surface area contributed by atoms with Gasteiger partial charge < -0.3 is 31.7 Å². The Morgan fingerprint density at radius 3 is 2.24 bits per heavy atom. The van der Waals surface area contributed by atoms with Crippen LogP contribution in [0.5, 0.6) is 0 Å². The van der Waals surface area contributed by atoms with Crippen LogP contribution in [-0.4, -0.2) is 66.5 Å². The molecule has 4 aromatic rings. The number of carbonyl (C=O) groups is 2. The van der Waals surface area contributed by atoms with E-state index in [4.69, 9.17) is 31.2 Å². The predicted octanol–water partition coefficient (Wildman–Crippen LogP) is 3.27. The molecule has 6 N–H and O–H groups in total. The van der Waals surface area contributed by atoms with Crippen molar-refractivity contribution in [3.05, 3.63) is 78.1 Å². The minimum absolute atomic E-state index is 0.359. The molecule has 208 valence electrons. The lowest BCUT2D eigenvalue weighted by atomic mass is 10.1. The molecule has 12 heteroatoms. The van der Waals surface area contributed by atoms with Crippen molar-refractivity contribution in [3.63, 3.8) is 0 Å². The molecule has 3 amide bonds. The number of morpholine rings is 1. The number of urea groups is 1. The molecular weight excluding hydrogens is 522 g/mol. The van der Waals surface area contributed by atoms with E-state index in [2.05, 4.69) is 20.5 Å². The molecule has 2 aromatic heterocycles. The van der Waals surface area contributed by atoms with Gasteiger partial charge in [-0.3, -0.25) is 14.8 Å². The zero-order valence-electron chi connectivity index (χ0n) is 22.4. The van der Waals surface area contributed by atoms with Gasteiger partial charge in [0.2, 0.25) is 5.91 Å². The van der Waals surface area contributed by atoms with Crippen molar-refractivity contribution >= 4 is 52.0 Å². The Morgan fingerprint density at radius 1 is 0.976 bits per heavy atom. The first-order chi connectivity index (χ1) is 19.9. The predicted molar refractivity (Wildman–Crippen MR) is 160 cm³/mol. The minimum Gasteiger partial charge on any atom is -0.404 e. The van der Waals surface area contributed by atoms with E-state index in [1.54, 1.807) is 55.9 Å². The molecule has 1 fully saturated rings. The summed E-state index contributed by atoms with van der Waals surface area (Å²) in [5.74, 6) is 0.713. The number of fused-ring (bicyclic) bond motifs is 1. The second-order valence-electron chi connectivity index (χ2n) is 9.17. The molecule has 0 unspecified atom stereocenters. The number of nitrogens with two attached hydrogens (primary N) is 2. The highest BCUT2D eigenvalue weighted by Crippen LogP contribution is 2.29. The number of allylic oxidation sites excluding steroid dienone is 1. The number of amides is 3. The molecule has 0 bridgehead atoms. The third kappa shape index (κ3) is 6.28. The number of aliphatic imine (C=N–C) groups is 1. The van der Waals surface area contributed by atoms with E-state index in [9.17, 15) is 9.59 Å². The molecular formula is C29H29N9O3. The van der Waals surface area contributed by atoms with Crippen LogP contribution >= 0.6 is 0 Å². The first-order valence-corrected chi connectivity index (χ1v) is 12.9. The first kappa shape index (κ1) is 27.2. The maximum Gasteiger partial charge on any atom is 0.323 e. The van der Waals surface area contributed by atoms with E-state index in [1.165, 1.54) is 6.20 Å². The number of pyridine rings is 1. The van der Waals surface area contributed by atoms with Crippen LogP contribution in [0.25, 0.3) is 28.0 Å². The van der Waals surface area contributed by atoms with Crippen LogP contribution in [0.15, 0.2) is 72.0 Å². The molecule has 1 aliphatic rings. The SMILES string of the molecule is CN=CC(=CN)c1cnc2c(N3CCOCC3)nc(-c3ccc(NC(=O)Nc4ccc(C(N)=O)cc4)cc3)nc2c1. The molecule has 0 spiro atoms. The van der Waals surface area contributed by atoms with Gasteiger partial charge in [-0.05, 0) is 54.6 Å². The largest absolute Gasteiger partial charge is 0.404 e. The molecule has 2 aromatic carbocycles. The summed E-state index contributed by atoms with van der Waals surface area (Å²) in [4.78, 5) is 44.4. The number of rotatable bonds is 7. The average Bonchev–Trinajstić information content (AvgIpc) is 3.00. The highest BCUT2D eigenvalue weighted by molar-refractivity contribution is 6.10. The van der Waals surface area contributed by atoms with Gasteiger partial charge in [0.05, 0.1) is 18.7 Å². The Labute approximate surface area is 236 Å². The van der Waals surface area contributed by atoms with Gasteiger partial charge in [-0.1, -0.05) is 0 Å². The number of hydrogen-bond donors (Lipinski definition) is 4. The Kier molecular flexibility index (Phi) is 8.11. The van der Waals surface area contributed by atoms with Crippen LogP contribution < -0.4 is 27.0 Å². The summed E-state index contributed by atoms with van der Waals surface area (Å²) in [5, 5.41) is 5.52. The summed E-state index contributed by atoms with van der Waals surface area (Å²) >= 11 is 0.